The van der Waals surface area contributed by atoms with Gasteiger partial charge in [0.25, 0.3) is 0 Å². The van der Waals surface area contributed by atoms with Gasteiger partial charge in [0.05, 0.1) is 10.4 Å². The molecule has 1 N–H and O–H groups in total. The molecule has 0 aliphatic heterocycles. The van der Waals surface area contributed by atoms with Gasteiger partial charge in [-0.05, 0) is 31.3 Å². The highest BCUT2D eigenvalue weighted by Crippen LogP contribution is 2.27. The van der Waals surface area contributed by atoms with E-state index >= 15 is 0 Å². The lowest BCUT2D eigenvalue weighted by atomic mass is 10.1. The van der Waals surface area contributed by atoms with Crippen molar-refractivity contribution in [2.24, 2.45) is 0 Å². The number of likely N-dealkylation sites (N-methyl/N-ethyl adjacent to an activating group) is 1. The second-order valence-electron chi connectivity index (χ2n) is 3.91. The van der Waals surface area contributed by atoms with Crippen LogP contribution >= 0.6 is 22.9 Å². The summed E-state index contributed by atoms with van der Waals surface area (Å²) >= 11 is 7.56. The SMILES string of the molecule is CCc1ccc(C(Cc2ccc(Cl)s2)NC)o1. The van der Waals surface area contributed by atoms with Gasteiger partial charge in [-0.25, -0.2) is 0 Å². The summed E-state index contributed by atoms with van der Waals surface area (Å²) in [7, 11) is 1.95. The van der Waals surface area contributed by atoms with E-state index in [1.807, 2.05) is 19.2 Å². The molecule has 0 saturated heterocycles. The molecule has 0 aromatic carbocycles. The molecule has 0 fully saturated rings. The molecular formula is C13H16ClNOS. The monoisotopic (exact) mass is 269 g/mol. The Morgan fingerprint density at radius 3 is 2.71 bits per heavy atom. The number of rotatable bonds is 5. The van der Waals surface area contributed by atoms with E-state index in [-0.39, 0.29) is 6.04 Å². The number of thiophene rings is 1. The van der Waals surface area contributed by atoms with Gasteiger partial charge in [-0.15, -0.1) is 11.3 Å². The number of halogens is 1. The number of nitrogens with one attached hydrogen (secondary N) is 1. The van der Waals surface area contributed by atoms with Gasteiger partial charge in [-0.2, -0.15) is 0 Å². The Kier molecular flexibility index (Phi) is 4.26. The maximum absolute atomic E-state index is 5.93. The molecule has 4 heteroatoms. The third-order valence-electron chi connectivity index (χ3n) is 2.76. The van der Waals surface area contributed by atoms with E-state index in [2.05, 4.69) is 24.4 Å². The summed E-state index contributed by atoms with van der Waals surface area (Å²) in [4.78, 5) is 1.27. The molecule has 1 unspecified atom stereocenters. The molecular weight excluding hydrogens is 254 g/mol. The first-order valence-electron chi connectivity index (χ1n) is 5.73. The molecule has 2 rings (SSSR count). The van der Waals surface area contributed by atoms with Gasteiger partial charge < -0.3 is 9.73 Å². The van der Waals surface area contributed by atoms with Crippen molar-refractivity contribution in [1.82, 2.24) is 5.32 Å². The zero-order chi connectivity index (χ0) is 12.3. The van der Waals surface area contributed by atoms with Gasteiger partial charge in [-0.3, -0.25) is 0 Å². The zero-order valence-electron chi connectivity index (χ0n) is 10.00. The van der Waals surface area contributed by atoms with Crippen LogP contribution in [0.5, 0.6) is 0 Å². The number of hydrogen-bond donors (Lipinski definition) is 1. The fraction of sp³-hybridized carbons (Fsp3) is 0.385. The molecule has 0 aliphatic carbocycles. The van der Waals surface area contributed by atoms with E-state index in [9.17, 15) is 0 Å². The van der Waals surface area contributed by atoms with Crippen molar-refractivity contribution in [3.8, 4) is 0 Å². The molecule has 0 saturated carbocycles. The van der Waals surface area contributed by atoms with E-state index in [0.717, 1.165) is 28.7 Å². The van der Waals surface area contributed by atoms with Gasteiger partial charge in [0.2, 0.25) is 0 Å². The van der Waals surface area contributed by atoms with Crippen molar-refractivity contribution in [2.75, 3.05) is 7.05 Å². The fourth-order valence-electron chi connectivity index (χ4n) is 1.78. The predicted molar refractivity (Wildman–Crippen MR) is 72.9 cm³/mol. The second-order valence-corrected chi connectivity index (χ2v) is 5.71. The van der Waals surface area contributed by atoms with Crippen molar-refractivity contribution in [1.29, 1.82) is 0 Å². The van der Waals surface area contributed by atoms with Crippen molar-refractivity contribution >= 4 is 22.9 Å². The zero-order valence-corrected chi connectivity index (χ0v) is 11.6. The van der Waals surface area contributed by atoms with E-state index in [0.29, 0.717) is 0 Å². The standard InChI is InChI=1S/C13H16ClNOS/c1-3-9-4-6-12(16-9)11(15-2)8-10-5-7-13(14)17-10/h4-7,11,15H,3,8H2,1-2H3. The van der Waals surface area contributed by atoms with Gasteiger partial charge in [0, 0.05) is 17.7 Å². The smallest absolute Gasteiger partial charge is 0.121 e. The van der Waals surface area contributed by atoms with Crippen molar-refractivity contribution < 1.29 is 4.42 Å². The average molecular weight is 270 g/mol. The first-order chi connectivity index (χ1) is 8.22. The Morgan fingerprint density at radius 1 is 1.35 bits per heavy atom. The minimum atomic E-state index is 0.213. The molecule has 1 atom stereocenters. The average Bonchev–Trinajstić information content (AvgIpc) is 2.94. The Balaban J connectivity index is 2.10. The summed E-state index contributed by atoms with van der Waals surface area (Å²) in [5.74, 6) is 2.03. The summed E-state index contributed by atoms with van der Waals surface area (Å²) in [6, 6.07) is 8.32. The summed E-state index contributed by atoms with van der Waals surface area (Å²) < 4.78 is 6.61. The van der Waals surface area contributed by atoms with Crippen molar-refractivity contribution in [3.05, 3.63) is 45.0 Å². The lowest BCUT2D eigenvalue weighted by Crippen LogP contribution is -2.17. The molecule has 0 bridgehead atoms. The predicted octanol–water partition coefficient (Wildman–Crippen LogP) is 4.06. The van der Waals surface area contributed by atoms with E-state index < -0.39 is 0 Å². The molecule has 92 valence electrons. The minimum Gasteiger partial charge on any atom is -0.464 e. The molecule has 2 aromatic heterocycles. The van der Waals surface area contributed by atoms with Gasteiger partial charge in [-0.1, -0.05) is 18.5 Å². The Hall–Kier alpha value is -0.770. The summed E-state index contributed by atoms with van der Waals surface area (Å²) in [5, 5.41) is 3.28. The Bertz CT molecular complexity index is 477. The van der Waals surface area contributed by atoms with Gasteiger partial charge in [0.15, 0.2) is 0 Å². The molecule has 17 heavy (non-hydrogen) atoms. The largest absolute Gasteiger partial charge is 0.464 e. The number of aryl methyl sites for hydroxylation is 1. The topological polar surface area (TPSA) is 25.2 Å². The normalized spacial score (nSPS) is 12.9. The van der Waals surface area contributed by atoms with E-state index in [1.54, 1.807) is 11.3 Å². The highest BCUT2D eigenvalue weighted by molar-refractivity contribution is 7.16. The van der Waals surface area contributed by atoms with Crippen LogP contribution in [0.1, 0.15) is 29.4 Å². The number of furan rings is 1. The van der Waals surface area contributed by atoms with E-state index in [1.165, 1.54) is 4.88 Å². The van der Waals surface area contributed by atoms with Crippen LogP contribution < -0.4 is 5.32 Å². The third-order valence-corrected chi connectivity index (χ3v) is 4.01. The second kappa shape index (κ2) is 5.71. The molecule has 0 radical (unpaired) electrons. The van der Waals surface area contributed by atoms with Crippen LogP contribution in [0.15, 0.2) is 28.7 Å². The molecule has 0 spiro atoms. The molecule has 2 aromatic rings. The van der Waals surface area contributed by atoms with Crippen LogP contribution in [0.2, 0.25) is 4.34 Å². The van der Waals surface area contributed by atoms with Crippen molar-refractivity contribution in [2.45, 2.75) is 25.8 Å². The fourth-order valence-corrected chi connectivity index (χ4v) is 2.91. The summed E-state index contributed by atoms with van der Waals surface area (Å²) in [6.45, 7) is 2.09. The highest BCUT2D eigenvalue weighted by Gasteiger charge is 2.15. The quantitative estimate of drug-likeness (QED) is 0.886. The van der Waals surface area contributed by atoms with Crippen LogP contribution in [0.25, 0.3) is 0 Å². The minimum absolute atomic E-state index is 0.213. The van der Waals surface area contributed by atoms with Crippen LogP contribution in [-0.2, 0) is 12.8 Å². The van der Waals surface area contributed by atoms with Gasteiger partial charge >= 0.3 is 0 Å². The first-order valence-corrected chi connectivity index (χ1v) is 6.92. The lowest BCUT2D eigenvalue weighted by Gasteiger charge is -2.12. The molecule has 2 nitrogen and oxygen atoms in total. The molecule has 0 aliphatic rings. The summed E-state index contributed by atoms with van der Waals surface area (Å²) in [6.07, 6.45) is 1.84. The van der Waals surface area contributed by atoms with E-state index in [4.69, 9.17) is 16.0 Å². The molecule has 2 heterocycles. The third kappa shape index (κ3) is 3.12. The maximum atomic E-state index is 5.93. The van der Waals surface area contributed by atoms with Crippen LogP contribution in [-0.4, -0.2) is 7.05 Å². The van der Waals surface area contributed by atoms with Crippen LogP contribution in [0.4, 0.5) is 0 Å². The summed E-state index contributed by atoms with van der Waals surface area (Å²) in [5.41, 5.74) is 0. The van der Waals surface area contributed by atoms with Gasteiger partial charge in [0.1, 0.15) is 11.5 Å². The number of hydrogen-bond acceptors (Lipinski definition) is 3. The van der Waals surface area contributed by atoms with Crippen molar-refractivity contribution in [3.63, 3.8) is 0 Å². The lowest BCUT2D eigenvalue weighted by molar-refractivity contribution is 0.408. The maximum Gasteiger partial charge on any atom is 0.121 e. The highest BCUT2D eigenvalue weighted by atomic mass is 35.5. The van der Waals surface area contributed by atoms with Crippen LogP contribution in [0, 0.1) is 0 Å². The molecule has 0 amide bonds. The first kappa shape index (κ1) is 12.7. The Labute approximate surface area is 111 Å². The Morgan fingerprint density at radius 2 is 2.18 bits per heavy atom. The van der Waals surface area contributed by atoms with Crippen LogP contribution in [0.3, 0.4) is 0 Å².